The first-order chi connectivity index (χ1) is 11.8. The lowest BCUT2D eigenvalue weighted by Crippen LogP contribution is -2.35. The maximum Gasteiger partial charge on any atom is 0.254 e. The largest absolute Gasteiger partial charge is 0.348 e. The van der Waals surface area contributed by atoms with Gasteiger partial charge in [0.2, 0.25) is 0 Å². The number of hydrogen-bond donors (Lipinski definition) is 1. The third-order valence-electron chi connectivity index (χ3n) is 4.28. The molecule has 7 heteroatoms. The maximum atomic E-state index is 12.6. The molecule has 0 bridgehead atoms. The van der Waals surface area contributed by atoms with E-state index in [0.717, 1.165) is 4.90 Å². The summed E-state index contributed by atoms with van der Waals surface area (Å²) in [6.07, 6.45) is 2.12. The van der Waals surface area contributed by atoms with Crippen molar-refractivity contribution >= 4 is 27.5 Å². The number of nitrogens with zero attached hydrogens (tertiary/aromatic N) is 1. The van der Waals surface area contributed by atoms with Crippen molar-refractivity contribution in [1.82, 2.24) is 10.3 Å². The second-order valence-electron chi connectivity index (χ2n) is 6.28. The Kier molecular flexibility index (Phi) is 5.15. The highest BCUT2D eigenvalue weighted by Gasteiger charge is 2.29. The van der Waals surface area contributed by atoms with Crippen LogP contribution in [0.1, 0.15) is 27.9 Å². The van der Waals surface area contributed by atoms with Gasteiger partial charge in [-0.15, -0.1) is 0 Å². The Morgan fingerprint density at radius 2 is 2.04 bits per heavy atom. The molecule has 0 aliphatic carbocycles. The molecule has 1 amide bonds. The van der Waals surface area contributed by atoms with Gasteiger partial charge in [-0.1, -0.05) is 17.8 Å². The molecule has 1 atom stereocenters. The summed E-state index contributed by atoms with van der Waals surface area (Å²) in [5, 5.41) is 3.44. The number of benzene rings is 1. The normalized spacial score (nSPS) is 18.9. The average Bonchev–Trinajstić information content (AvgIpc) is 2.90. The van der Waals surface area contributed by atoms with Gasteiger partial charge in [0.25, 0.3) is 5.91 Å². The van der Waals surface area contributed by atoms with E-state index in [2.05, 4.69) is 23.3 Å². The van der Waals surface area contributed by atoms with Gasteiger partial charge in [-0.25, -0.2) is 13.4 Å². The standard InChI is InChI=1S/C18H20N2O3S2/c1-12-5-6-15(10-13(12)2)24-18-16(4-3-8-19-18)17(21)20-14-7-9-25(22,23)11-14/h3-6,8,10,14H,7,9,11H2,1-2H3,(H,20,21). The predicted molar refractivity (Wildman–Crippen MR) is 98.8 cm³/mol. The molecule has 5 nitrogen and oxygen atoms in total. The third kappa shape index (κ3) is 4.41. The van der Waals surface area contributed by atoms with E-state index in [0.29, 0.717) is 17.0 Å². The number of carbonyl (C=O) groups is 1. The minimum atomic E-state index is -3.03. The Balaban J connectivity index is 1.78. The molecular weight excluding hydrogens is 356 g/mol. The van der Waals surface area contributed by atoms with Crippen molar-refractivity contribution in [3.05, 3.63) is 53.2 Å². The fourth-order valence-corrected chi connectivity index (χ4v) is 5.36. The summed E-state index contributed by atoms with van der Waals surface area (Å²) in [5.74, 6) is -0.130. The van der Waals surface area contributed by atoms with Crippen molar-refractivity contribution in [2.45, 2.75) is 36.2 Å². The van der Waals surface area contributed by atoms with Crippen LogP contribution in [0.3, 0.4) is 0 Å². The lowest BCUT2D eigenvalue weighted by atomic mass is 10.1. The number of carbonyl (C=O) groups excluding carboxylic acids is 1. The molecule has 1 aliphatic heterocycles. The van der Waals surface area contributed by atoms with Crippen LogP contribution in [0.25, 0.3) is 0 Å². The monoisotopic (exact) mass is 376 g/mol. The van der Waals surface area contributed by atoms with E-state index < -0.39 is 9.84 Å². The molecule has 0 saturated carbocycles. The SMILES string of the molecule is Cc1ccc(Sc2ncccc2C(=O)NC2CCS(=O)(=O)C2)cc1C. The summed E-state index contributed by atoms with van der Waals surface area (Å²) >= 11 is 1.43. The summed E-state index contributed by atoms with van der Waals surface area (Å²) in [6, 6.07) is 9.23. The molecule has 1 saturated heterocycles. The molecule has 1 N–H and O–H groups in total. The first-order valence-electron chi connectivity index (χ1n) is 8.05. The van der Waals surface area contributed by atoms with Gasteiger partial charge < -0.3 is 5.32 Å². The number of aromatic nitrogens is 1. The molecular formula is C18H20N2O3S2. The number of amides is 1. The van der Waals surface area contributed by atoms with Crippen molar-refractivity contribution in [2.24, 2.45) is 0 Å². The van der Waals surface area contributed by atoms with Gasteiger partial charge >= 0.3 is 0 Å². The minimum Gasteiger partial charge on any atom is -0.348 e. The van der Waals surface area contributed by atoms with E-state index in [9.17, 15) is 13.2 Å². The van der Waals surface area contributed by atoms with E-state index in [1.54, 1.807) is 18.3 Å². The number of aryl methyl sites for hydroxylation is 2. The van der Waals surface area contributed by atoms with Gasteiger partial charge in [0, 0.05) is 17.1 Å². The van der Waals surface area contributed by atoms with Crippen molar-refractivity contribution in [1.29, 1.82) is 0 Å². The Morgan fingerprint density at radius 3 is 2.72 bits per heavy atom. The number of hydrogen-bond acceptors (Lipinski definition) is 5. The molecule has 2 heterocycles. The van der Waals surface area contributed by atoms with Crippen LogP contribution in [-0.2, 0) is 9.84 Å². The predicted octanol–water partition coefficient (Wildman–Crippen LogP) is 2.77. The zero-order chi connectivity index (χ0) is 18.0. The van der Waals surface area contributed by atoms with Crippen LogP contribution in [-0.4, -0.2) is 36.9 Å². The van der Waals surface area contributed by atoms with Crippen LogP contribution < -0.4 is 5.32 Å². The molecule has 0 radical (unpaired) electrons. The molecule has 1 aromatic heterocycles. The number of pyridine rings is 1. The molecule has 25 heavy (non-hydrogen) atoms. The zero-order valence-corrected chi connectivity index (χ0v) is 15.8. The quantitative estimate of drug-likeness (QED) is 0.888. The van der Waals surface area contributed by atoms with Gasteiger partial charge in [-0.2, -0.15) is 0 Å². The number of sulfone groups is 1. The van der Waals surface area contributed by atoms with E-state index in [1.165, 1.54) is 22.9 Å². The van der Waals surface area contributed by atoms with Crippen molar-refractivity contribution in [3.8, 4) is 0 Å². The lowest BCUT2D eigenvalue weighted by molar-refractivity contribution is 0.0937. The van der Waals surface area contributed by atoms with E-state index in [1.807, 2.05) is 19.1 Å². The van der Waals surface area contributed by atoms with Crippen molar-refractivity contribution in [2.75, 3.05) is 11.5 Å². The van der Waals surface area contributed by atoms with Crippen LogP contribution in [0.5, 0.6) is 0 Å². The summed E-state index contributed by atoms with van der Waals surface area (Å²) < 4.78 is 23.1. The second kappa shape index (κ2) is 7.17. The first kappa shape index (κ1) is 17.9. The molecule has 3 rings (SSSR count). The highest BCUT2D eigenvalue weighted by molar-refractivity contribution is 7.99. The van der Waals surface area contributed by atoms with Gasteiger partial charge in [-0.05, 0) is 55.7 Å². The average molecular weight is 377 g/mol. The van der Waals surface area contributed by atoms with E-state index in [-0.39, 0.29) is 23.5 Å². The number of nitrogens with one attached hydrogen (secondary N) is 1. The summed E-state index contributed by atoms with van der Waals surface area (Å²) in [4.78, 5) is 17.9. The van der Waals surface area contributed by atoms with Crippen LogP contribution >= 0.6 is 11.8 Å². The summed E-state index contributed by atoms with van der Waals surface area (Å²) in [7, 11) is -3.03. The summed E-state index contributed by atoms with van der Waals surface area (Å²) in [5.41, 5.74) is 2.86. The van der Waals surface area contributed by atoms with Crippen molar-refractivity contribution in [3.63, 3.8) is 0 Å². The molecule has 2 aromatic rings. The zero-order valence-electron chi connectivity index (χ0n) is 14.2. The van der Waals surface area contributed by atoms with Crippen LogP contribution in [0, 0.1) is 13.8 Å². The molecule has 1 aliphatic rings. The van der Waals surface area contributed by atoms with E-state index >= 15 is 0 Å². The lowest BCUT2D eigenvalue weighted by Gasteiger charge is -2.13. The van der Waals surface area contributed by atoms with Gasteiger partial charge in [0.15, 0.2) is 9.84 Å². The molecule has 0 spiro atoms. The number of rotatable bonds is 4. The minimum absolute atomic E-state index is 0.0125. The first-order valence-corrected chi connectivity index (χ1v) is 10.7. The highest BCUT2D eigenvalue weighted by atomic mass is 32.2. The Bertz CT molecular complexity index is 910. The topological polar surface area (TPSA) is 76.1 Å². The highest BCUT2D eigenvalue weighted by Crippen LogP contribution is 2.30. The second-order valence-corrected chi connectivity index (χ2v) is 9.57. The smallest absolute Gasteiger partial charge is 0.254 e. The van der Waals surface area contributed by atoms with Gasteiger partial charge in [0.1, 0.15) is 5.03 Å². The van der Waals surface area contributed by atoms with Gasteiger partial charge in [0.05, 0.1) is 17.1 Å². The van der Waals surface area contributed by atoms with Gasteiger partial charge in [-0.3, -0.25) is 4.79 Å². The third-order valence-corrected chi connectivity index (χ3v) is 7.05. The molecule has 1 unspecified atom stereocenters. The summed E-state index contributed by atoms with van der Waals surface area (Å²) in [6.45, 7) is 4.10. The van der Waals surface area contributed by atoms with Crippen LogP contribution in [0.15, 0.2) is 46.5 Å². The Morgan fingerprint density at radius 1 is 1.24 bits per heavy atom. The molecule has 1 aromatic carbocycles. The Labute approximate surface area is 152 Å². The van der Waals surface area contributed by atoms with Crippen LogP contribution in [0.4, 0.5) is 0 Å². The maximum absolute atomic E-state index is 12.6. The van der Waals surface area contributed by atoms with E-state index in [4.69, 9.17) is 0 Å². The molecule has 1 fully saturated rings. The van der Waals surface area contributed by atoms with Crippen molar-refractivity contribution < 1.29 is 13.2 Å². The fraction of sp³-hybridized carbons (Fsp3) is 0.333. The Hall–Kier alpha value is -1.86. The fourth-order valence-electron chi connectivity index (χ4n) is 2.71. The van der Waals surface area contributed by atoms with Crippen LogP contribution in [0.2, 0.25) is 0 Å². The molecule has 132 valence electrons.